The largest absolute Gasteiger partial charge is 0.480 e. The number of nitrogens with zero attached hydrogens (tertiary/aromatic N) is 1. The summed E-state index contributed by atoms with van der Waals surface area (Å²) in [5.41, 5.74) is 5.55. The van der Waals surface area contributed by atoms with Crippen molar-refractivity contribution in [3.8, 4) is 0 Å². The third kappa shape index (κ3) is 1.64. The number of carboxylic acid groups (broad SMARTS) is 2. The zero-order valence-electron chi connectivity index (χ0n) is 7.58. The van der Waals surface area contributed by atoms with Crippen molar-refractivity contribution in [2.75, 3.05) is 13.7 Å². The van der Waals surface area contributed by atoms with Gasteiger partial charge in [0.05, 0.1) is 6.04 Å². The zero-order valence-corrected chi connectivity index (χ0v) is 7.58. The highest BCUT2D eigenvalue weighted by Gasteiger charge is 2.47. The molecule has 0 aromatic rings. The molecular weight excluding hydrogens is 192 g/mol. The van der Waals surface area contributed by atoms with Crippen LogP contribution in [0.2, 0.25) is 0 Å². The summed E-state index contributed by atoms with van der Waals surface area (Å²) >= 11 is 0. The highest BCUT2D eigenvalue weighted by molar-refractivity contribution is 5.81. The molecule has 4 N–H and O–H groups in total. The molecule has 0 aliphatic carbocycles. The maximum Gasteiger partial charge on any atom is 0.408 e. The van der Waals surface area contributed by atoms with Crippen molar-refractivity contribution in [2.45, 2.75) is 18.2 Å². The molecule has 1 aliphatic heterocycles. The molecule has 1 aliphatic rings. The first kappa shape index (κ1) is 10.7. The van der Waals surface area contributed by atoms with Crippen molar-refractivity contribution in [3.05, 3.63) is 0 Å². The van der Waals surface area contributed by atoms with Gasteiger partial charge < -0.3 is 20.7 Å². The topological polar surface area (TPSA) is 113 Å². The maximum atomic E-state index is 10.8. The SMILES string of the molecule is CO[C@H]1[C@H](N)CN(C(=O)O)[C@@H]1C(=O)O. The number of carboxylic acids is 1. The first-order chi connectivity index (χ1) is 6.49. The number of amides is 1. The van der Waals surface area contributed by atoms with E-state index in [1.807, 2.05) is 0 Å². The van der Waals surface area contributed by atoms with E-state index in [4.69, 9.17) is 20.7 Å². The Labute approximate surface area is 80.0 Å². The van der Waals surface area contributed by atoms with E-state index in [9.17, 15) is 9.59 Å². The minimum atomic E-state index is -1.30. The van der Waals surface area contributed by atoms with Gasteiger partial charge in [-0.25, -0.2) is 9.59 Å². The molecule has 1 amide bonds. The fourth-order valence-corrected chi connectivity index (χ4v) is 1.63. The predicted molar refractivity (Wildman–Crippen MR) is 44.9 cm³/mol. The van der Waals surface area contributed by atoms with Gasteiger partial charge in [0.2, 0.25) is 0 Å². The quantitative estimate of drug-likeness (QED) is 0.519. The van der Waals surface area contributed by atoms with E-state index in [0.717, 1.165) is 4.90 Å². The van der Waals surface area contributed by atoms with Gasteiger partial charge in [-0.15, -0.1) is 0 Å². The molecular formula is C7H12N2O5. The molecule has 1 saturated heterocycles. The van der Waals surface area contributed by atoms with Crippen LogP contribution >= 0.6 is 0 Å². The van der Waals surface area contributed by atoms with Crippen molar-refractivity contribution in [1.29, 1.82) is 0 Å². The van der Waals surface area contributed by atoms with Crippen molar-refractivity contribution in [1.82, 2.24) is 4.90 Å². The molecule has 0 bridgehead atoms. The van der Waals surface area contributed by atoms with Gasteiger partial charge in [0.15, 0.2) is 6.04 Å². The molecule has 1 heterocycles. The Bertz CT molecular complexity index is 256. The summed E-state index contributed by atoms with van der Waals surface area (Å²) < 4.78 is 4.87. The van der Waals surface area contributed by atoms with Crippen LogP contribution < -0.4 is 5.73 Å². The molecule has 1 fully saturated rings. The fourth-order valence-electron chi connectivity index (χ4n) is 1.63. The second kappa shape index (κ2) is 3.81. The molecule has 0 unspecified atom stereocenters. The van der Waals surface area contributed by atoms with Crippen LogP contribution in [0.4, 0.5) is 4.79 Å². The van der Waals surface area contributed by atoms with Crippen molar-refractivity contribution < 1.29 is 24.5 Å². The summed E-state index contributed by atoms with van der Waals surface area (Å²) in [6.45, 7) is -0.0230. The van der Waals surface area contributed by atoms with E-state index in [2.05, 4.69) is 0 Å². The van der Waals surface area contributed by atoms with Crippen LogP contribution in [0.1, 0.15) is 0 Å². The van der Waals surface area contributed by atoms with Gasteiger partial charge >= 0.3 is 12.1 Å². The first-order valence-corrected chi connectivity index (χ1v) is 3.99. The summed E-state index contributed by atoms with van der Waals surface area (Å²) in [6.07, 6.45) is -2.09. The number of nitrogens with two attached hydrogens (primary N) is 1. The number of methoxy groups -OCH3 is 1. The lowest BCUT2D eigenvalue weighted by Crippen LogP contribution is -2.46. The van der Waals surface area contributed by atoms with Crippen LogP contribution in [0, 0.1) is 0 Å². The number of rotatable bonds is 2. The lowest BCUT2D eigenvalue weighted by Gasteiger charge is -2.20. The van der Waals surface area contributed by atoms with E-state index in [-0.39, 0.29) is 6.54 Å². The van der Waals surface area contributed by atoms with E-state index >= 15 is 0 Å². The zero-order chi connectivity index (χ0) is 10.9. The third-order valence-corrected chi connectivity index (χ3v) is 2.25. The average molecular weight is 204 g/mol. The Kier molecular flexibility index (Phi) is 2.92. The average Bonchev–Trinajstić information content (AvgIpc) is 2.42. The van der Waals surface area contributed by atoms with E-state index in [0.29, 0.717) is 0 Å². The lowest BCUT2D eigenvalue weighted by atomic mass is 10.1. The smallest absolute Gasteiger partial charge is 0.408 e. The Balaban J connectivity index is 2.90. The minimum Gasteiger partial charge on any atom is -0.480 e. The summed E-state index contributed by atoms with van der Waals surface area (Å²) in [7, 11) is 1.31. The first-order valence-electron chi connectivity index (χ1n) is 3.99. The number of carbonyl (C=O) groups is 2. The molecule has 0 radical (unpaired) electrons. The van der Waals surface area contributed by atoms with Crippen molar-refractivity contribution in [3.63, 3.8) is 0 Å². The van der Waals surface area contributed by atoms with Crippen molar-refractivity contribution >= 4 is 12.1 Å². The van der Waals surface area contributed by atoms with E-state index in [1.165, 1.54) is 7.11 Å². The van der Waals surface area contributed by atoms with Crippen LogP contribution in [-0.2, 0) is 9.53 Å². The number of hydrogen-bond acceptors (Lipinski definition) is 4. The number of ether oxygens (including phenoxy) is 1. The lowest BCUT2D eigenvalue weighted by molar-refractivity contribution is -0.145. The molecule has 3 atom stereocenters. The molecule has 7 nitrogen and oxygen atoms in total. The standard InChI is InChI=1S/C7H12N2O5/c1-14-5-3(8)2-9(7(12)13)4(5)6(10)11/h3-5H,2,8H2,1H3,(H,10,11)(H,12,13)/t3-,4+,5+/m1/s1. The molecule has 80 valence electrons. The van der Waals surface area contributed by atoms with Crippen molar-refractivity contribution in [2.24, 2.45) is 5.73 Å². The van der Waals surface area contributed by atoms with Gasteiger partial charge in [-0.3, -0.25) is 4.90 Å². The normalized spacial score (nSPS) is 31.9. The van der Waals surface area contributed by atoms with E-state index in [1.54, 1.807) is 0 Å². The Morgan fingerprint density at radius 3 is 2.43 bits per heavy atom. The van der Waals surface area contributed by atoms with Gasteiger partial charge in [-0.2, -0.15) is 0 Å². The van der Waals surface area contributed by atoms with Gasteiger partial charge in [0.25, 0.3) is 0 Å². The minimum absolute atomic E-state index is 0.0230. The Hall–Kier alpha value is -1.34. The second-order valence-corrected chi connectivity index (χ2v) is 3.08. The fraction of sp³-hybridized carbons (Fsp3) is 0.714. The number of hydrogen-bond donors (Lipinski definition) is 3. The molecule has 0 aromatic carbocycles. The predicted octanol–water partition coefficient (Wildman–Crippen LogP) is -1.22. The molecule has 0 spiro atoms. The summed E-state index contributed by atoms with van der Waals surface area (Å²) in [6, 6.07) is -1.82. The van der Waals surface area contributed by atoms with Gasteiger partial charge in [0.1, 0.15) is 6.10 Å². The summed E-state index contributed by atoms with van der Waals surface area (Å²) in [5.74, 6) is -1.24. The Morgan fingerprint density at radius 1 is 1.50 bits per heavy atom. The van der Waals surface area contributed by atoms with E-state index < -0.39 is 30.3 Å². The molecule has 7 heteroatoms. The highest BCUT2D eigenvalue weighted by Crippen LogP contribution is 2.20. The molecule has 1 rings (SSSR count). The van der Waals surface area contributed by atoms with Crippen LogP contribution in [0.3, 0.4) is 0 Å². The number of aliphatic carboxylic acids is 1. The van der Waals surface area contributed by atoms with Crippen LogP contribution in [0.5, 0.6) is 0 Å². The summed E-state index contributed by atoms with van der Waals surface area (Å²) in [4.78, 5) is 22.2. The third-order valence-electron chi connectivity index (χ3n) is 2.25. The number of likely N-dealkylation sites (tertiary alicyclic amines) is 1. The summed E-state index contributed by atoms with van der Waals surface area (Å²) in [5, 5.41) is 17.5. The van der Waals surface area contributed by atoms with Gasteiger partial charge in [0, 0.05) is 13.7 Å². The molecule has 14 heavy (non-hydrogen) atoms. The maximum absolute atomic E-state index is 10.8. The monoisotopic (exact) mass is 204 g/mol. The van der Waals surface area contributed by atoms with Crippen LogP contribution in [-0.4, -0.2) is 59.0 Å². The Morgan fingerprint density at radius 2 is 2.07 bits per heavy atom. The van der Waals surface area contributed by atoms with Crippen LogP contribution in [0.25, 0.3) is 0 Å². The van der Waals surface area contributed by atoms with Gasteiger partial charge in [-0.1, -0.05) is 0 Å². The highest BCUT2D eigenvalue weighted by atomic mass is 16.5. The molecule has 0 aromatic heterocycles. The van der Waals surface area contributed by atoms with Gasteiger partial charge in [-0.05, 0) is 0 Å². The second-order valence-electron chi connectivity index (χ2n) is 3.08. The molecule has 0 saturated carbocycles. The van der Waals surface area contributed by atoms with Crippen LogP contribution in [0.15, 0.2) is 0 Å².